The van der Waals surface area contributed by atoms with E-state index < -0.39 is 0 Å². The van der Waals surface area contributed by atoms with Gasteiger partial charge in [-0.25, -0.2) is 4.79 Å². The van der Waals surface area contributed by atoms with Crippen LogP contribution in [0.1, 0.15) is 13.8 Å². The number of nitrogens with one attached hydrogen (secondary N) is 2. The van der Waals surface area contributed by atoms with Crippen molar-refractivity contribution in [3.05, 3.63) is 18.2 Å². The summed E-state index contributed by atoms with van der Waals surface area (Å²) in [6.07, 6.45) is 0. The van der Waals surface area contributed by atoms with E-state index in [9.17, 15) is 4.79 Å². The number of hydrogen-bond donors (Lipinski definition) is 2. The lowest BCUT2D eigenvalue weighted by Crippen LogP contribution is -2.41. The van der Waals surface area contributed by atoms with Crippen LogP contribution in [-0.2, 0) is 0 Å². The van der Waals surface area contributed by atoms with Gasteiger partial charge < -0.3 is 24.8 Å². The van der Waals surface area contributed by atoms with Gasteiger partial charge in [0, 0.05) is 24.2 Å². The van der Waals surface area contributed by atoms with Gasteiger partial charge in [-0.1, -0.05) is 0 Å². The largest absolute Gasteiger partial charge is 0.496 e. The van der Waals surface area contributed by atoms with Gasteiger partial charge >= 0.3 is 6.03 Å². The lowest BCUT2D eigenvalue weighted by Gasteiger charge is -2.12. The number of rotatable bonds is 7. The number of amides is 2. The second-order valence-corrected chi connectivity index (χ2v) is 4.45. The second kappa shape index (κ2) is 8.14. The van der Waals surface area contributed by atoms with Crippen molar-refractivity contribution in [2.24, 2.45) is 0 Å². The molecule has 6 heteroatoms. The zero-order valence-corrected chi connectivity index (χ0v) is 12.4. The van der Waals surface area contributed by atoms with Crippen molar-refractivity contribution < 1.29 is 19.0 Å². The standard InChI is InChI=1S/C14H22N2O4/c1-10(2)16-14(17)15-5-6-20-13-8-11(18-3)7-12(9-13)19-4/h7-10H,5-6H2,1-4H3,(H2,15,16,17). The minimum atomic E-state index is -0.202. The molecule has 0 aromatic heterocycles. The van der Waals surface area contributed by atoms with Gasteiger partial charge in [-0.15, -0.1) is 0 Å². The summed E-state index contributed by atoms with van der Waals surface area (Å²) in [7, 11) is 3.16. The van der Waals surface area contributed by atoms with Gasteiger partial charge in [0.25, 0.3) is 0 Å². The molecule has 112 valence electrons. The van der Waals surface area contributed by atoms with E-state index in [4.69, 9.17) is 14.2 Å². The molecule has 20 heavy (non-hydrogen) atoms. The van der Waals surface area contributed by atoms with Crippen LogP contribution in [0.3, 0.4) is 0 Å². The van der Waals surface area contributed by atoms with E-state index in [-0.39, 0.29) is 12.1 Å². The summed E-state index contributed by atoms with van der Waals surface area (Å²) in [6.45, 7) is 4.58. The fraction of sp³-hybridized carbons (Fsp3) is 0.500. The molecule has 0 saturated heterocycles. The molecule has 2 amide bonds. The summed E-state index contributed by atoms with van der Waals surface area (Å²) in [5, 5.41) is 5.44. The zero-order valence-electron chi connectivity index (χ0n) is 12.4. The molecule has 0 fully saturated rings. The zero-order chi connectivity index (χ0) is 15.0. The van der Waals surface area contributed by atoms with E-state index in [0.29, 0.717) is 30.4 Å². The maximum absolute atomic E-state index is 11.3. The highest BCUT2D eigenvalue weighted by molar-refractivity contribution is 5.74. The second-order valence-electron chi connectivity index (χ2n) is 4.45. The number of methoxy groups -OCH3 is 2. The topological polar surface area (TPSA) is 68.8 Å². The van der Waals surface area contributed by atoms with Crippen LogP contribution < -0.4 is 24.8 Å². The number of urea groups is 1. The van der Waals surface area contributed by atoms with Crippen LogP contribution in [0.5, 0.6) is 17.2 Å². The fourth-order valence-electron chi connectivity index (χ4n) is 1.51. The van der Waals surface area contributed by atoms with Crippen molar-refractivity contribution in [2.45, 2.75) is 19.9 Å². The van der Waals surface area contributed by atoms with Gasteiger partial charge in [-0.2, -0.15) is 0 Å². The predicted octanol–water partition coefficient (Wildman–Crippen LogP) is 1.79. The third kappa shape index (κ3) is 5.69. The van der Waals surface area contributed by atoms with E-state index in [1.54, 1.807) is 32.4 Å². The smallest absolute Gasteiger partial charge is 0.315 e. The number of carbonyl (C=O) groups is 1. The van der Waals surface area contributed by atoms with Crippen LogP contribution in [-0.4, -0.2) is 39.4 Å². The molecule has 0 heterocycles. The first kappa shape index (κ1) is 15.9. The normalized spacial score (nSPS) is 10.1. The van der Waals surface area contributed by atoms with Gasteiger partial charge in [-0.05, 0) is 13.8 Å². The van der Waals surface area contributed by atoms with Crippen molar-refractivity contribution in [3.63, 3.8) is 0 Å². The quantitative estimate of drug-likeness (QED) is 0.748. The highest BCUT2D eigenvalue weighted by atomic mass is 16.5. The Labute approximate surface area is 119 Å². The van der Waals surface area contributed by atoms with E-state index in [0.717, 1.165) is 0 Å². The SMILES string of the molecule is COc1cc(OC)cc(OCCNC(=O)NC(C)C)c1. The average molecular weight is 282 g/mol. The molecule has 0 atom stereocenters. The van der Waals surface area contributed by atoms with Crippen molar-refractivity contribution in [2.75, 3.05) is 27.4 Å². The minimum absolute atomic E-state index is 0.110. The Morgan fingerprint density at radius 3 is 2.15 bits per heavy atom. The molecule has 1 aromatic rings. The fourth-order valence-corrected chi connectivity index (χ4v) is 1.51. The summed E-state index contributed by atoms with van der Waals surface area (Å²) in [5.74, 6) is 1.95. The lowest BCUT2D eigenvalue weighted by atomic mass is 10.3. The Morgan fingerprint density at radius 1 is 1.10 bits per heavy atom. The summed E-state index contributed by atoms with van der Waals surface area (Å²) >= 11 is 0. The first-order chi connectivity index (χ1) is 9.55. The molecule has 6 nitrogen and oxygen atoms in total. The average Bonchev–Trinajstić information content (AvgIpc) is 2.42. The molecular formula is C14H22N2O4. The van der Waals surface area contributed by atoms with E-state index in [1.807, 2.05) is 13.8 Å². The Morgan fingerprint density at radius 2 is 1.65 bits per heavy atom. The molecule has 0 spiro atoms. The molecule has 0 bridgehead atoms. The van der Waals surface area contributed by atoms with Crippen LogP contribution in [0.25, 0.3) is 0 Å². The van der Waals surface area contributed by atoms with E-state index in [2.05, 4.69) is 10.6 Å². The summed E-state index contributed by atoms with van der Waals surface area (Å²) in [4.78, 5) is 11.3. The van der Waals surface area contributed by atoms with Crippen LogP contribution in [0, 0.1) is 0 Å². The number of benzene rings is 1. The van der Waals surface area contributed by atoms with Crippen molar-refractivity contribution in [1.29, 1.82) is 0 Å². The Balaban J connectivity index is 2.40. The Hall–Kier alpha value is -2.11. The maximum atomic E-state index is 11.3. The lowest BCUT2D eigenvalue weighted by molar-refractivity contribution is 0.234. The highest BCUT2D eigenvalue weighted by Crippen LogP contribution is 2.27. The summed E-state index contributed by atoms with van der Waals surface area (Å²) in [5.41, 5.74) is 0. The third-order valence-electron chi connectivity index (χ3n) is 2.40. The van der Waals surface area contributed by atoms with Crippen molar-refractivity contribution in [1.82, 2.24) is 10.6 Å². The van der Waals surface area contributed by atoms with Gasteiger partial charge in [-0.3, -0.25) is 0 Å². The molecule has 0 radical (unpaired) electrons. The first-order valence-electron chi connectivity index (χ1n) is 6.45. The van der Waals surface area contributed by atoms with Gasteiger partial charge in [0.05, 0.1) is 20.8 Å². The number of carbonyl (C=O) groups excluding carboxylic acids is 1. The number of hydrogen-bond acceptors (Lipinski definition) is 4. The minimum Gasteiger partial charge on any atom is -0.496 e. The molecule has 0 aliphatic carbocycles. The van der Waals surface area contributed by atoms with E-state index >= 15 is 0 Å². The summed E-state index contributed by atoms with van der Waals surface area (Å²) < 4.78 is 15.8. The highest BCUT2D eigenvalue weighted by Gasteiger charge is 2.04. The molecule has 1 rings (SSSR count). The Bertz CT molecular complexity index is 413. The third-order valence-corrected chi connectivity index (χ3v) is 2.40. The van der Waals surface area contributed by atoms with Crippen molar-refractivity contribution in [3.8, 4) is 17.2 Å². The van der Waals surface area contributed by atoms with Crippen LogP contribution in [0.4, 0.5) is 4.79 Å². The number of ether oxygens (including phenoxy) is 3. The first-order valence-corrected chi connectivity index (χ1v) is 6.45. The van der Waals surface area contributed by atoms with Crippen LogP contribution in [0.15, 0.2) is 18.2 Å². The predicted molar refractivity (Wildman–Crippen MR) is 76.7 cm³/mol. The van der Waals surface area contributed by atoms with Gasteiger partial charge in [0.2, 0.25) is 0 Å². The molecule has 0 saturated carbocycles. The maximum Gasteiger partial charge on any atom is 0.315 e. The molecule has 1 aromatic carbocycles. The van der Waals surface area contributed by atoms with E-state index in [1.165, 1.54) is 0 Å². The molecule has 0 aliphatic rings. The Kier molecular flexibility index (Phi) is 6.49. The van der Waals surface area contributed by atoms with Crippen molar-refractivity contribution >= 4 is 6.03 Å². The van der Waals surface area contributed by atoms with Crippen LogP contribution in [0.2, 0.25) is 0 Å². The molecular weight excluding hydrogens is 260 g/mol. The van der Waals surface area contributed by atoms with Gasteiger partial charge in [0.15, 0.2) is 0 Å². The summed E-state index contributed by atoms with van der Waals surface area (Å²) in [6, 6.07) is 5.19. The van der Waals surface area contributed by atoms with Gasteiger partial charge in [0.1, 0.15) is 23.9 Å². The molecule has 0 aliphatic heterocycles. The molecule has 0 unspecified atom stereocenters. The monoisotopic (exact) mass is 282 g/mol. The molecule has 2 N–H and O–H groups in total. The van der Waals surface area contributed by atoms with Crippen LogP contribution >= 0.6 is 0 Å².